The molecule has 1 unspecified atom stereocenters. The molecule has 1 aliphatic carbocycles. The number of rotatable bonds is 4. The Bertz CT molecular complexity index is 686. The van der Waals surface area contributed by atoms with Crippen LogP contribution in [-0.2, 0) is 19.9 Å². The van der Waals surface area contributed by atoms with Gasteiger partial charge in [-0.05, 0) is 37.8 Å². The number of hydrogen-bond acceptors (Lipinski definition) is 4. The second kappa shape index (κ2) is 8.70. The Morgan fingerprint density at radius 1 is 1.23 bits per heavy atom. The summed E-state index contributed by atoms with van der Waals surface area (Å²) >= 11 is 12.2. The maximum atomic E-state index is 12.6. The molecule has 26 heavy (non-hydrogen) atoms. The molecule has 1 fully saturated rings. The number of fused-ring (bicyclic) bond motifs is 1. The summed E-state index contributed by atoms with van der Waals surface area (Å²) in [4.78, 5) is 25.0. The zero-order valence-corrected chi connectivity index (χ0v) is 16.8. The number of carbonyl (C=O) groups is 2. The molecule has 0 saturated heterocycles. The molecule has 5 nitrogen and oxygen atoms in total. The average molecular weight is 402 g/mol. The number of amides is 1. The first-order valence-corrected chi connectivity index (χ1v) is 9.70. The minimum atomic E-state index is -1.97. The molecular weight excluding hydrogens is 377 g/mol. The van der Waals surface area contributed by atoms with Gasteiger partial charge in [0.2, 0.25) is 0 Å². The Hall–Kier alpha value is -1.14. The molecule has 1 atom stereocenters. The number of methoxy groups -OCH3 is 1. The van der Waals surface area contributed by atoms with Crippen LogP contribution in [0.3, 0.4) is 0 Å². The van der Waals surface area contributed by atoms with Gasteiger partial charge in [-0.2, -0.15) is 0 Å². The predicted molar refractivity (Wildman–Crippen MR) is 103 cm³/mol. The third-order valence-electron chi connectivity index (χ3n) is 5.02. The van der Waals surface area contributed by atoms with Crippen LogP contribution in [0.5, 0.6) is 0 Å². The van der Waals surface area contributed by atoms with Crippen LogP contribution in [0.1, 0.15) is 51.5 Å². The van der Waals surface area contributed by atoms with Crippen LogP contribution >= 0.6 is 23.2 Å². The molecule has 1 aromatic carbocycles. The summed E-state index contributed by atoms with van der Waals surface area (Å²) in [5.41, 5.74) is -1.49. The van der Waals surface area contributed by atoms with Crippen molar-refractivity contribution >= 4 is 40.6 Å². The monoisotopic (exact) mass is 401 g/mol. The van der Waals surface area contributed by atoms with E-state index >= 15 is 0 Å². The van der Waals surface area contributed by atoms with Crippen molar-refractivity contribution in [2.45, 2.75) is 57.7 Å². The van der Waals surface area contributed by atoms with Gasteiger partial charge in [0.1, 0.15) is 5.78 Å². The second-order valence-corrected chi connectivity index (χ2v) is 7.26. The Morgan fingerprint density at radius 2 is 1.81 bits per heavy atom. The van der Waals surface area contributed by atoms with Crippen LogP contribution in [0.15, 0.2) is 12.1 Å². The third-order valence-corrected chi connectivity index (χ3v) is 5.65. The number of halogens is 2. The number of hydrogen-bond donors (Lipinski definition) is 2. The van der Waals surface area contributed by atoms with Crippen molar-refractivity contribution in [3.05, 3.63) is 27.7 Å². The fourth-order valence-corrected chi connectivity index (χ4v) is 4.11. The molecule has 1 aliphatic heterocycles. The largest absolute Gasteiger partial charge is 0.381 e. The molecule has 2 N–H and O–H groups in total. The summed E-state index contributed by atoms with van der Waals surface area (Å²) < 4.78 is 5.31. The third kappa shape index (κ3) is 3.91. The van der Waals surface area contributed by atoms with Crippen molar-refractivity contribution < 1.29 is 19.4 Å². The second-order valence-electron chi connectivity index (χ2n) is 6.45. The van der Waals surface area contributed by atoms with E-state index in [1.807, 2.05) is 13.8 Å². The quantitative estimate of drug-likeness (QED) is 0.787. The van der Waals surface area contributed by atoms with Crippen LogP contribution in [0, 0.1) is 5.92 Å². The Balaban J connectivity index is 0.00000117. The maximum Gasteiger partial charge on any atom is 0.261 e. The average Bonchev–Trinajstić information content (AvgIpc) is 2.92. The van der Waals surface area contributed by atoms with E-state index in [0.717, 1.165) is 12.8 Å². The molecule has 0 bridgehead atoms. The van der Waals surface area contributed by atoms with Gasteiger partial charge in [0.15, 0.2) is 5.60 Å². The lowest BCUT2D eigenvalue weighted by atomic mass is 9.79. The molecule has 0 aromatic heterocycles. The standard InChI is InChI=1S/C17H19Cl2NO4.C2H6/c1-24-10-4-2-9(3-5-10)13(21)8-17(23)14-11(18)6-7-12(19)15(14)20-16(17)22;1-2/h6-7,9-10,23H,2-5,8H2,1H3,(H,20,22);1-2H3. The first-order chi connectivity index (χ1) is 12.4. The smallest absolute Gasteiger partial charge is 0.261 e. The van der Waals surface area contributed by atoms with Crippen LogP contribution in [0.4, 0.5) is 5.69 Å². The number of anilines is 1. The summed E-state index contributed by atoms with van der Waals surface area (Å²) in [6.45, 7) is 4.00. The molecule has 7 heteroatoms. The van der Waals surface area contributed by atoms with Gasteiger partial charge in [-0.1, -0.05) is 37.0 Å². The van der Waals surface area contributed by atoms with Gasteiger partial charge in [-0.15, -0.1) is 0 Å². The fraction of sp³-hybridized carbons (Fsp3) is 0.579. The molecule has 0 radical (unpaired) electrons. The Morgan fingerprint density at radius 3 is 2.38 bits per heavy atom. The van der Waals surface area contributed by atoms with E-state index in [4.69, 9.17) is 27.9 Å². The fourth-order valence-electron chi connectivity index (χ4n) is 3.59. The summed E-state index contributed by atoms with van der Waals surface area (Å²) in [5, 5.41) is 14.0. The number of ketones is 1. The summed E-state index contributed by atoms with van der Waals surface area (Å²) in [7, 11) is 1.67. The van der Waals surface area contributed by atoms with Gasteiger partial charge in [-0.3, -0.25) is 9.59 Å². The summed E-state index contributed by atoms with van der Waals surface area (Å²) in [6, 6.07) is 3.06. The summed E-state index contributed by atoms with van der Waals surface area (Å²) in [5.74, 6) is -0.965. The minimum Gasteiger partial charge on any atom is -0.381 e. The Kier molecular flexibility index (Phi) is 7.08. The Labute approximate surface area is 164 Å². The van der Waals surface area contributed by atoms with Gasteiger partial charge >= 0.3 is 0 Å². The zero-order chi connectivity index (χ0) is 19.5. The molecule has 0 spiro atoms. The van der Waals surface area contributed by atoms with Crippen LogP contribution < -0.4 is 5.32 Å². The normalized spacial score (nSPS) is 27.2. The summed E-state index contributed by atoms with van der Waals surface area (Å²) in [6.07, 6.45) is 2.90. The van der Waals surface area contributed by atoms with Crippen molar-refractivity contribution in [2.75, 3.05) is 12.4 Å². The molecule has 1 heterocycles. The van der Waals surface area contributed by atoms with Crippen LogP contribution in [0.25, 0.3) is 0 Å². The van der Waals surface area contributed by atoms with Crippen molar-refractivity contribution in [3.63, 3.8) is 0 Å². The number of carbonyl (C=O) groups excluding carboxylic acids is 2. The molecule has 3 rings (SSSR count). The highest BCUT2D eigenvalue weighted by Crippen LogP contribution is 2.46. The maximum absolute atomic E-state index is 12.6. The van der Waals surface area contributed by atoms with E-state index in [1.165, 1.54) is 6.07 Å². The lowest BCUT2D eigenvalue weighted by Crippen LogP contribution is -2.39. The van der Waals surface area contributed by atoms with Gasteiger partial charge in [0.25, 0.3) is 5.91 Å². The number of Topliss-reactive ketones (excluding diaryl/α,β-unsaturated/α-hetero) is 1. The first-order valence-electron chi connectivity index (χ1n) is 8.94. The topological polar surface area (TPSA) is 75.6 Å². The molecule has 1 amide bonds. The van der Waals surface area contributed by atoms with Crippen LogP contribution in [0.2, 0.25) is 10.0 Å². The van der Waals surface area contributed by atoms with Gasteiger partial charge in [-0.25, -0.2) is 0 Å². The molecule has 144 valence electrons. The molecule has 2 aliphatic rings. The van der Waals surface area contributed by atoms with Gasteiger partial charge < -0.3 is 15.2 Å². The SMILES string of the molecule is CC.COC1CCC(C(=O)CC2(O)C(=O)Nc3c(Cl)ccc(Cl)c32)CC1. The van der Waals surface area contributed by atoms with E-state index in [-0.39, 0.29) is 45.5 Å². The van der Waals surface area contributed by atoms with E-state index in [1.54, 1.807) is 13.2 Å². The molecule has 1 saturated carbocycles. The first kappa shape index (κ1) is 21.2. The molecule has 1 aromatic rings. The lowest BCUT2D eigenvalue weighted by Gasteiger charge is -2.29. The molecular formula is C19H25Cl2NO4. The highest BCUT2D eigenvalue weighted by molar-refractivity contribution is 6.38. The predicted octanol–water partition coefficient (Wildman–Crippen LogP) is 4.32. The van der Waals surface area contributed by atoms with Gasteiger partial charge in [0.05, 0.1) is 16.8 Å². The number of nitrogens with one attached hydrogen (secondary N) is 1. The van der Waals surface area contributed by atoms with E-state index in [2.05, 4.69) is 5.32 Å². The van der Waals surface area contributed by atoms with Crippen molar-refractivity contribution in [2.24, 2.45) is 5.92 Å². The van der Waals surface area contributed by atoms with Crippen molar-refractivity contribution in [3.8, 4) is 0 Å². The van der Waals surface area contributed by atoms with Crippen LogP contribution in [-0.4, -0.2) is 30.0 Å². The van der Waals surface area contributed by atoms with E-state index in [0.29, 0.717) is 12.8 Å². The highest BCUT2D eigenvalue weighted by Gasteiger charge is 2.49. The van der Waals surface area contributed by atoms with E-state index in [9.17, 15) is 14.7 Å². The number of aliphatic hydroxyl groups is 1. The van der Waals surface area contributed by atoms with Crippen molar-refractivity contribution in [1.29, 1.82) is 0 Å². The lowest BCUT2D eigenvalue weighted by molar-refractivity contribution is -0.142. The van der Waals surface area contributed by atoms with Gasteiger partial charge in [0, 0.05) is 30.0 Å². The number of benzene rings is 1. The number of ether oxygens (including phenoxy) is 1. The minimum absolute atomic E-state index is 0.133. The van der Waals surface area contributed by atoms with Crippen molar-refractivity contribution in [1.82, 2.24) is 0 Å². The zero-order valence-electron chi connectivity index (χ0n) is 15.3. The van der Waals surface area contributed by atoms with E-state index < -0.39 is 11.5 Å². The highest BCUT2D eigenvalue weighted by atomic mass is 35.5.